The first-order valence-electron chi connectivity index (χ1n) is 5.49. The van der Waals surface area contributed by atoms with Crippen LogP contribution in [0.25, 0.3) is 0 Å². The minimum Gasteiger partial charge on any atom is -0.394 e. The van der Waals surface area contributed by atoms with Crippen molar-refractivity contribution in [2.75, 3.05) is 26.4 Å². The van der Waals surface area contributed by atoms with Crippen molar-refractivity contribution in [2.45, 2.75) is 46.6 Å². The molecule has 0 fully saturated rings. The smallest absolute Gasteiger partial charge is 0.0701 e. The van der Waals surface area contributed by atoms with E-state index in [9.17, 15) is 0 Å². The highest BCUT2D eigenvalue weighted by Gasteiger charge is 1.87. The summed E-state index contributed by atoms with van der Waals surface area (Å²) in [5.74, 6) is 0. The Hall–Kier alpha value is -0.120. The van der Waals surface area contributed by atoms with E-state index in [1.165, 1.54) is 0 Å². The topological polar surface area (TPSA) is 38.7 Å². The molecule has 0 aliphatic carbocycles. The van der Waals surface area contributed by atoms with Gasteiger partial charge in [0.15, 0.2) is 0 Å². The second-order valence-corrected chi connectivity index (χ2v) is 3.26. The van der Waals surface area contributed by atoms with Crippen molar-refractivity contribution in [3.8, 4) is 0 Å². The van der Waals surface area contributed by atoms with Gasteiger partial charge < -0.3 is 14.6 Å². The van der Waals surface area contributed by atoms with Crippen LogP contribution in [-0.4, -0.2) is 37.6 Å². The summed E-state index contributed by atoms with van der Waals surface area (Å²) in [5, 5.41) is 8.19. The molecule has 0 rings (SSSR count). The Morgan fingerprint density at radius 2 is 1.50 bits per heavy atom. The van der Waals surface area contributed by atoms with E-state index in [-0.39, 0.29) is 12.7 Å². The van der Waals surface area contributed by atoms with Gasteiger partial charge >= 0.3 is 0 Å². The molecule has 0 saturated carbocycles. The maximum absolute atomic E-state index is 8.19. The molecule has 0 amide bonds. The summed E-state index contributed by atoms with van der Waals surface area (Å²) in [6, 6.07) is 0. The lowest BCUT2D eigenvalue weighted by Gasteiger charge is -2.02. The summed E-state index contributed by atoms with van der Waals surface area (Å²) in [6.45, 7) is 10.5. The fraction of sp³-hybridized carbons (Fsp3) is 1.00. The van der Waals surface area contributed by atoms with Gasteiger partial charge in [0.1, 0.15) is 0 Å². The van der Waals surface area contributed by atoms with Crippen LogP contribution in [-0.2, 0) is 9.47 Å². The van der Waals surface area contributed by atoms with Gasteiger partial charge in [-0.2, -0.15) is 0 Å². The van der Waals surface area contributed by atoms with Gasteiger partial charge in [-0.25, -0.2) is 0 Å². The molecule has 3 heteroatoms. The molecule has 0 aliphatic rings. The van der Waals surface area contributed by atoms with Crippen LogP contribution in [0.5, 0.6) is 0 Å². The Balaban J connectivity index is 0. The second-order valence-electron chi connectivity index (χ2n) is 3.26. The van der Waals surface area contributed by atoms with Crippen molar-refractivity contribution in [2.24, 2.45) is 0 Å². The Bertz CT molecular complexity index is 80.6. The zero-order chi connectivity index (χ0) is 11.2. The molecule has 0 aromatic rings. The number of ether oxygens (including phenoxy) is 2. The molecule has 0 aromatic heterocycles. The predicted octanol–water partition coefficient (Wildman–Crippen LogP) is 2.23. The van der Waals surface area contributed by atoms with Gasteiger partial charge in [-0.3, -0.25) is 0 Å². The number of hydrogen-bond acceptors (Lipinski definition) is 3. The lowest BCUT2D eigenvalue weighted by atomic mass is 10.5. The lowest BCUT2D eigenvalue weighted by molar-refractivity contribution is 0.0494. The van der Waals surface area contributed by atoms with Crippen LogP contribution in [0, 0.1) is 0 Å². The highest BCUT2D eigenvalue weighted by molar-refractivity contribution is 4.33. The number of rotatable bonds is 7. The average molecular weight is 206 g/mol. The van der Waals surface area contributed by atoms with E-state index >= 15 is 0 Å². The first kappa shape index (κ1) is 16.3. The van der Waals surface area contributed by atoms with Gasteiger partial charge in [0.05, 0.1) is 19.3 Å². The molecule has 88 valence electrons. The molecule has 0 spiro atoms. The predicted molar refractivity (Wildman–Crippen MR) is 59.6 cm³/mol. The highest BCUT2D eigenvalue weighted by atomic mass is 16.5. The Morgan fingerprint density at radius 1 is 1.00 bits per heavy atom. The van der Waals surface area contributed by atoms with Gasteiger partial charge in [-0.1, -0.05) is 13.8 Å². The van der Waals surface area contributed by atoms with E-state index in [0.717, 1.165) is 26.1 Å². The van der Waals surface area contributed by atoms with Gasteiger partial charge in [-0.05, 0) is 26.7 Å². The van der Waals surface area contributed by atoms with E-state index in [1.807, 2.05) is 13.8 Å². The molecule has 1 N–H and O–H groups in total. The largest absolute Gasteiger partial charge is 0.394 e. The molecule has 0 heterocycles. The minimum absolute atomic E-state index is 0.123. The molecule has 0 aliphatic heterocycles. The molecule has 0 bridgehead atoms. The van der Waals surface area contributed by atoms with Gasteiger partial charge in [0, 0.05) is 13.2 Å². The molecule has 3 nitrogen and oxygen atoms in total. The third-order valence-corrected chi connectivity index (χ3v) is 1.24. The zero-order valence-electron chi connectivity index (χ0n) is 10.1. The highest BCUT2D eigenvalue weighted by Crippen LogP contribution is 1.83. The summed E-state index contributed by atoms with van der Waals surface area (Å²) in [4.78, 5) is 0. The van der Waals surface area contributed by atoms with E-state index in [1.54, 1.807) is 0 Å². The van der Waals surface area contributed by atoms with Crippen molar-refractivity contribution in [1.82, 2.24) is 0 Å². The quantitative estimate of drug-likeness (QED) is 0.649. The molecule has 0 radical (unpaired) electrons. The summed E-state index contributed by atoms with van der Waals surface area (Å²) in [5.41, 5.74) is 0. The minimum atomic E-state index is 0.123. The number of aliphatic hydroxyl groups is 1. The molecule has 0 atom stereocenters. The van der Waals surface area contributed by atoms with Gasteiger partial charge in [-0.15, -0.1) is 0 Å². The van der Waals surface area contributed by atoms with Crippen molar-refractivity contribution < 1.29 is 14.6 Å². The van der Waals surface area contributed by atoms with E-state index in [2.05, 4.69) is 13.8 Å². The van der Waals surface area contributed by atoms with Crippen LogP contribution >= 0.6 is 0 Å². The summed E-state index contributed by atoms with van der Waals surface area (Å²) in [6.07, 6.45) is 2.52. The fourth-order valence-electron chi connectivity index (χ4n) is 0.679. The molecule has 14 heavy (non-hydrogen) atoms. The average Bonchev–Trinajstić information content (AvgIpc) is 2.16. The number of aliphatic hydroxyl groups excluding tert-OH is 1. The summed E-state index contributed by atoms with van der Waals surface area (Å²) < 4.78 is 10.1. The van der Waals surface area contributed by atoms with E-state index in [4.69, 9.17) is 14.6 Å². The first-order valence-corrected chi connectivity index (χ1v) is 5.49. The van der Waals surface area contributed by atoms with Crippen LogP contribution in [0.2, 0.25) is 0 Å². The van der Waals surface area contributed by atoms with Crippen LogP contribution in [0.4, 0.5) is 0 Å². The van der Waals surface area contributed by atoms with Crippen LogP contribution in [0.3, 0.4) is 0 Å². The maximum Gasteiger partial charge on any atom is 0.0701 e. The lowest BCUT2D eigenvalue weighted by Crippen LogP contribution is -2.06. The van der Waals surface area contributed by atoms with E-state index < -0.39 is 0 Å². The van der Waals surface area contributed by atoms with Crippen LogP contribution in [0.15, 0.2) is 0 Å². The summed E-state index contributed by atoms with van der Waals surface area (Å²) in [7, 11) is 0. The van der Waals surface area contributed by atoms with Crippen molar-refractivity contribution in [3.63, 3.8) is 0 Å². The molecular weight excluding hydrogens is 180 g/mol. The van der Waals surface area contributed by atoms with Crippen molar-refractivity contribution in [1.29, 1.82) is 0 Å². The first-order chi connectivity index (χ1) is 6.68. The van der Waals surface area contributed by atoms with Crippen molar-refractivity contribution >= 4 is 0 Å². The van der Waals surface area contributed by atoms with Gasteiger partial charge in [0.2, 0.25) is 0 Å². The van der Waals surface area contributed by atoms with Crippen molar-refractivity contribution in [3.05, 3.63) is 0 Å². The Labute approximate surface area is 88.4 Å². The monoisotopic (exact) mass is 206 g/mol. The third-order valence-electron chi connectivity index (χ3n) is 1.24. The van der Waals surface area contributed by atoms with Gasteiger partial charge in [0.25, 0.3) is 0 Å². The molecule has 0 aromatic carbocycles. The summed E-state index contributed by atoms with van der Waals surface area (Å²) >= 11 is 0. The second kappa shape index (κ2) is 15.4. The Morgan fingerprint density at radius 3 is 1.71 bits per heavy atom. The maximum atomic E-state index is 8.19. The van der Waals surface area contributed by atoms with Crippen LogP contribution < -0.4 is 0 Å². The third kappa shape index (κ3) is 22.6. The molecule has 0 unspecified atom stereocenters. The zero-order valence-corrected chi connectivity index (χ0v) is 10.1. The van der Waals surface area contributed by atoms with E-state index in [0.29, 0.717) is 6.61 Å². The molecule has 0 saturated heterocycles. The fourth-order valence-corrected chi connectivity index (χ4v) is 0.679. The molecular formula is C11H26O3. The SMILES string of the molecule is CC(C)OCCO.CCCOCCC. The number of hydrogen-bond donors (Lipinski definition) is 1. The van der Waals surface area contributed by atoms with Crippen LogP contribution in [0.1, 0.15) is 40.5 Å². The standard InChI is InChI=1S/C6H14O.C5H12O2/c1-3-5-7-6-4-2;1-5(2)7-4-3-6/h3-6H2,1-2H3;5-6H,3-4H2,1-2H3. The Kier molecular flexibility index (Phi) is 17.9. The normalized spacial score (nSPS) is 9.86.